The summed E-state index contributed by atoms with van der Waals surface area (Å²) in [5.74, 6) is 0.252. The van der Waals surface area contributed by atoms with E-state index >= 15 is 0 Å². The molecule has 7 heteroatoms. The maximum absolute atomic E-state index is 11.7. The smallest absolute Gasteiger partial charge is 0.438 e. The molecule has 1 saturated heterocycles. The molecule has 1 aliphatic heterocycles. The summed E-state index contributed by atoms with van der Waals surface area (Å²) in [6.45, 7) is 0. The molecule has 0 amide bonds. The van der Waals surface area contributed by atoms with Gasteiger partial charge in [0.15, 0.2) is 0 Å². The maximum atomic E-state index is 11.7. The summed E-state index contributed by atoms with van der Waals surface area (Å²) in [5.41, 5.74) is 1.53. The number of imidazole rings is 1. The minimum absolute atomic E-state index is 0.252. The van der Waals surface area contributed by atoms with Crippen LogP contribution in [0.15, 0.2) is 30.6 Å². The van der Waals surface area contributed by atoms with E-state index in [0.29, 0.717) is 0 Å². The van der Waals surface area contributed by atoms with Crippen LogP contribution in [0.4, 0.5) is 4.79 Å². The Morgan fingerprint density at radius 1 is 1.50 bits per heavy atom. The third-order valence-corrected chi connectivity index (χ3v) is 4.25. The third-order valence-electron chi connectivity index (χ3n) is 2.81. The molecule has 2 atom stereocenters. The first-order valence-electron chi connectivity index (χ1n) is 5.25. The molecular weight excluding hydrogens is 256 g/mol. The number of carbonyl (C=O) groups excluding carboxylic acids is 1. The predicted molar refractivity (Wildman–Crippen MR) is 64.2 cm³/mol. The molecule has 0 saturated carbocycles. The molecule has 6 nitrogen and oxygen atoms in total. The van der Waals surface area contributed by atoms with Crippen LogP contribution in [0.5, 0.6) is 0 Å². The van der Waals surface area contributed by atoms with Gasteiger partial charge >= 0.3 is 6.16 Å². The quantitative estimate of drug-likeness (QED) is 0.603. The van der Waals surface area contributed by atoms with Gasteiger partial charge in [0.25, 0.3) is 5.06 Å². The Hall–Kier alpha value is -1.89. The lowest BCUT2D eigenvalue weighted by Gasteiger charge is -2.15. The SMILES string of the molecule is COC(=O)OC1(n2cnc3ccccc32)CS1=O. The van der Waals surface area contributed by atoms with Gasteiger partial charge in [0.05, 0.1) is 35.3 Å². The summed E-state index contributed by atoms with van der Waals surface area (Å²) < 4.78 is 22.9. The van der Waals surface area contributed by atoms with Crippen LogP contribution in [0.1, 0.15) is 0 Å². The Morgan fingerprint density at radius 2 is 2.22 bits per heavy atom. The van der Waals surface area contributed by atoms with Crippen molar-refractivity contribution in [2.24, 2.45) is 0 Å². The standard InChI is InChI=1S/C11H10N2O4S/c1-16-10(14)17-11(6-18(11)15)13-7-12-8-4-2-3-5-9(8)13/h2-5,7H,6H2,1H3. The fourth-order valence-electron chi connectivity index (χ4n) is 1.84. The number of fused-ring (bicyclic) bond motifs is 1. The first-order valence-corrected chi connectivity index (χ1v) is 6.57. The molecule has 2 heterocycles. The monoisotopic (exact) mass is 266 g/mol. The lowest BCUT2D eigenvalue weighted by Crippen LogP contribution is -2.26. The van der Waals surface area contributed by atoms with E-state index in [2.05, 4.69) is 9.72 Å². The number of carbonyl (C=O) groups is 1. The number of para-hydroxylation sites is 2. The molecule has 1 fully saturated rings. The molecule has 0 radical (unpaired) electrons. The van der Waals surface area contributed by atoms with Gasteiger partial charge in [-0.1, -0.05) is 12.1 Å². The zero-order chi connectivity index (χ0) is 12.8. The predicted octanol–water partition coefficient (Wildman–Crippen LogP) is 1.19. The van der Waals surface area contributed by atoms with Crippen molar-refractivity contribution in [1.29, 1.82) is 0 Å². The normalized spacial score (nSPS) is 25.9. The molecule has 2 unspecified atom stereocenters. The topological polar surface area (TPSA) is 70.4 Å². The summed E-state index contributed by atoms with van der Waals surface area (Å²) in [5, 5.41) is -1.16. The van der Waals surface area contributed by atoms with Crippen LogP contribution >= 0.6 is 0 Å². The number of nitrogens with zero attached hydrogens (tertiary/aromatic N) is 2. The van der Waals surface area contributed by atoms with Gasteiger partial charge in [-0.2, -0.15) is 0 Å². The van der Waals surface area contributed by atoms with Gasteiger partial charge in [0.1, 0.15) is 5.75 Å². The van der Waals surface area contributed by atoms with E-state index in [-0.39, 0.29) is 5.75 Å². The highest BCUT2D eigenvalue weighted by Crippen LogP contribution is 2.41. The van der Waals surface area contributed by atoms with Crippen molar-refractivity contribution in [2.75, 3.05) is 12.9 Å². The second-order valence-corrected chi connectivity index (χ2v) is 5.48. The Kier molecular flexibility index (Phi) is 2.37. The van der Waals surface area contributed by atoms with E-state index in [9.17, 15) is 9.00 Å². The fourth-order valence-corrected chi connectivity index (χ4v) is 2.98. The first-order chi connectivity index (χ1) is 8.67. The second kappa shape index (κ2) is 3.81. The Labute approximate surface area is 105 Å². The van der Waals surface area contributed by atoms with Crippen LogP contribution in [-0.4, -0.2) is 32.8 Å². The average molecular weight is 266 g/mol. The number of hydrogen-bond donors (Lipinski definition) is 0. The molecule has 18 heavy (non-hydrogen) atoms. The van der Waals surface area contributed by atoms with Crippen molar-refractivity contribution in [3.63, 3.8) is 0 Å². The Morgan fingerprint density at radius 3 is 2.89 bits per heavy atom. The summed E-state index contributed by atoms with van der Waals surface area (Å²) >= 11 is 0. The molecular formula is C11H10N2O4S. The van der Waals surface area contributed by atoms with Crippen LogP contribution in [0.2, 0.25) is 0 Å². The Bertz CT molecular complexity index is 653. The highest BCUT2D eigenvalue weighted by atomic mass is 32.2. The van der Waals surface area contributed by atoms with E-state index in [0.717, 1.165) is 11.0 Å². The second-order valence-electron chi connectivity index (χ2n) is 3.86. The molecule has 0 spiro atoms. The average Bonchev–Trinajstić information content (AvgIpc) is 2.86. The molecule has 0 bridgehead atoms. The number of aromatic nitrogens is 2. The van der Waals surface area contributed by atoms with Crippen molar-refractivity contribution in [1.82, 2.24) is 9.55 Å². The summed E-state index contributed by atoms with van der Waals surface area (Å²) in [6.07, 6.45) is 0.678. The summed E-state index contributed by atoms with van der Waals surface area (Å²) in [4.78, 5) is 15.4. The zero-order valence-electron chi connectivity index (χ0n) is 9.53. The molecule has 2 aromatic rings. The van der Waals surface area contributed by atoms with E-state index in [1.165, 1.54) is 13.4 Å². The van der Waals surface area contributed by atoms with Crippen LogP contribution in [0.25, 0.3) is 11.0 Å². The summed E-state index contributed by atoms with van der Waals surface area (Å²) in [6, 6.07) is 7.37. The van der Waals surface area contributed by atoms with Crippen molar-refractivity contribution < 1.29 is 18.5 Å². The van der Waals surface area contributed by atoms with E-state index in [1.807, 2.05) is 24.3 Å². The van der Waals surface area contributed by atoms with E-state index in [1.54, 1.807) is 4.57 Å². The molecule has 1 aliphatic rings. The van der Waals surface area contributed by atoms with Crippen molar-refractivity contribution >= 4 is 28.0 Å². The van der Waals surface area contributed by atoms with Gasteiger partial charge < -0.3 is 9.47 Å². The minimum Gasteiger partial charge on any atom is -0.438 e. The van der Waals surface area contributed by atoms with E-state index < -0.39 is 22.0 Å². The number of methoxy groups -OCH3 is 1. The van der Waals surface area contributed by atoms with Crippen LogP contribution < -0.4 is 0 Å². The molecule has 1 aromatic carbocycles. The van der Waals surface area contributed by atoms with Crippen molar-refractivity contribution in [3.05, 3.63) is 30.6 Å². The van der Waals surface area contributed by atoms with Crippen molar-refractivity contribution in [2.45, 2.75) is 5.06 Å². The highest BCUT2D eigenvalue weighted by Gasteiger charge is 2.60. The number of rotatable bonds is 2. The minimum atomic E-state index is -1.27. The molecule has 3 rings (SSSR count). The number of hydrogen-bond acceptors (Lipinski definition) is 5. The lowest BCUT2D eigenvalue weighted by molar-refractivity contribution is 0.0127. The van der Waals surface area contributed by atoms with Gasteiger partial charge in [-0.05, 0) is 12.1 Å². The molecule has 94 valence electrons. The zero-order valence-corrected chi connectivity index (χ0v) is 10.3. The largest absolute Gasteiger partial charge is 0.510 e. The fraction of sp³-hybridized carbons (Fsp3) is 0.273. The van der Waals surface area contributed by atoms with Crippen LogP contribution in [0.3, 0.4) is 0 Å². The lowest BCUT2D eigenvalue weighted by atomic mass is 10.3. The molecule has 0 aliphatic carbocycles. The first kappa shape index (κ1) is 11.2. The highest BCUT2D eigenvalue weighted by molar-refractivity contribution is 7.92. The van der Waals surface area contributed by atoms with E-state index in [4.69, 9.17) is 4.74 Å². The molecule has 1 aromatic heterocycles. The van der Waals surface area contributed by atoms with Gasteiger partial charge in [-0.15, -0.1) is 0 Å². The van der Waals surface area contributed by atoms with Crippen molar-refractivity contribution in [3.8, 4) is 0 Å². The third kappa shape index (κ3) is 1.51. The van der Waals surface area contributed by atoms with Crippen LogP contribution in [0, 0.1) is 0 Å². The van der Waals surface area contributed by atoms with Crippen LogP contribution in [-0.2, 0) is 25.3 Å². The molecule has 0 N–H and O–H groups in total. The van der Waals surface area contributed by atoms with Gasteiger partial charge in [-0.25, -0.2) is 9.78 Å². The number of benzene rings is 1. The number of ether oxygens (including phenoxy) is 2. The summed E-state index contributed by atoms with van der Waals surface area (Å²) in [7, 11) is -0.0496. The Balaban J connectivity index is 2.07. The van der Waals surface area contributed by atoms with Gasteiger partial charge in [0, 0.05) is 0 Å². The van der Waals surface area contributed by atoms with Gasteiger partial charge in [-0.3, -0.25) is 8.78 Å². The van der Waals surface area contributed by atoms with Gasteiger partial charge in [0.2, 0.25) is 0 Å². The maximum Gasteiger partial charge on any atom is 0.510 e.